The van der Waals surface area contributed by atoms with Gasteiger partial charge in [-0.25, -0.2) is 8.42 Å². The highest BCUT2D eigenvalue weighted by Gasteiger charge is 2.19. The van der Waals surface area contributed by atoms with Gasteiger partial charge in [0, 0.05) is 23.4 Å². The van der Waals surface area contributed by atoms with E-state index < -0.39 is 10.0 Å². The van der Waals surface area contributed by atoms with Gasteiger partial charge < -0.3 is 5.32 Å². The lowest BCUT2D eigenvalue weighted by molar-refractivity contribution is 0.601. The Morgan fingerprint density at radius 2 is 2.00 bits per heavy atom. The van der Waals surface area contributed by atoms with E-state index in [4.69, 9.17) is 0 Å². The van der Waals surface area contributed by atoms with Crippen LogP contribution in [0.2, 0.25) is 0 Å². The minimum atomic E-state index is -3.69. The molecule has 2 rings (SSSR count). The average molecular weight is 370 g/mol. The van der Waals surface area contributed by atoms with E-state index in [1.54, 1.807) is 24.4 Å². The van der Waals surface area contributed by atoms with Gasteiger partial charge in [-0.05, 0) is 43.7 Å². The molecular weight excluding hydrogens is 354 g/mol. The molecule has 0 atom stereocenters. The maximum Gasteiger partial charge on any atom is 0.265 e. The Balaban J connectivity index is 2.39. The summed E-state index contributed by atoms with van der Waals surface area (Å²) < 4.78 is 28.6. The number of nitrogens with zero attached hydrogens (tertiary/aromatic N) is 1. The third-order valence-electron chi connectivity index (χ3n) is 2.87. The summed E-state index contributed by atoms with van der Waals surface area (Å²) >= 11 is 3.36. The summed E-state index contributed by atoms with van der Waals surface area (Å²) in [5, 5.41) is 3.03. The Labute approximate surface area is 133 Å². The monoisotopic (exact) mass is 369 g/mol. The van der Waals surface area contributed by atoms with Gasteiger partial charge in [-0.1, -0.05) is 15.9 Å². The van der Waals surface area contributed by atoms with E-state index in [0.29, 0.717) is 17.9 Å². The van der Waals surface area contributed by atoms with Crippen LogP contribution in [0.15, 0.2) is 46.0 Å². The summed E-state index contributed by atoms with van der Waals surface area (Å²) in [4.78, 5) is 4.04. The Kier molecular flexibility index (Phi) is 4.84. The largest absolute Gasteiger partial charge is 0.384 e. The fourth-order valence-electron chi connectivity index (χ4n) is 1.87. The van der Waals surface area contributed by atoms with Crippen molar-refractivity contribution < 1.29 is 8.42 Å². The van der Waals surface area contributed by atoms with E-state index in [1.807, 2.05) is 19.9 Å². The predicted octanol–water partition coefficient (Wildman–Crippen LogP) is 3.39. The fraction of sp³-hybridized carbons (Fsp3) is 0.214. The van der Waals surface area contributed by atoms with Crippen LogP contribution < -0.4 is 10.0 Å². The van der Waals surface area contributed by atoms with Crippen molar-refractivity contribution in [3.8, 4) is 0 Å². The molecule has 0 unspecified atom stereocenters. The lowest BCUT2D eigenvalue weighted by atomic mass is 10.2. The highest BCUT2D eigenvalue weighted by atomic mass is 79.9. The number of hydrogen-bond acceptors (Lipinski definition) is 4. The zero-order valence-corrected chi connectivity index (χ0v) is 14.1. The Morgan fingerprint density at radius 3 is 2.67 bits per heavy atom. The van der Waals surface area contributed by atoms with Crippen LogP contribution in [-0.4, -0.2) is 19.9 Å². The van der Waals surface area contributed by atoms with Gasteiger partial charge in [0.1, 0.15) is 4.90 Å². The van der Waals surface area contributed by atoms with Gasteiger partial charge in [0.05, 0.1) is 11.4 Å². The van der Waals surface area contributed by atoms with Gasteiger partial charge in [-0.3, -0.25) is 9.71 Å². The minimum Gasteiger partial charge on any atom is -0.384 e. The molecule has 0 saturated carbocycles. The van der Waals surface area contributed by atoms with Gasteiger partial charge in [0.15, 0.2) is 0 Å². The number of pyridine rings is 1. The van der Waals surface area contributed by atoms with Crippen LogP contribution in [-0.2, 0) is 10.0 Å². The highest BCUT2D eigenvalue weighted by molar-refractivity contribution is 9.10. The van der Waals surface area contributed by atoms with Crippen molar-refractivity contribution in [3.63, 3.8) is 0 Å². The molecule has 1 aromatic carbocycles. The van der Waals surface area contributed by atoms with Gasteiger partial charge in [-0.2, -0.15) is 0 Å². The highest BCUT2D eigenvalue weighted by Crippen LogP contribution is 2.25. The summed E-state index contributed by atoms with van der Waals surface area (Å²) in [6.45, 7) is 4.38. The molecule has 2 aromatic rings. The number of hydrogen-bond donors (Lipinski definition) is 2. The van der Waals surface area contributed by atoms with Crippen molar-refractivity contribution in [1.29, 1.82) is 0 Å². The van der Waals surface area contributed by atoms with Crippen molar-refractivity contribution in [2.75, 3.05) is 16.6 Å². The summed E-state index contributed by atoms with van der Waals surface area (Å²) in [6, 6.07) is 7.01. The number of aromatic nitrogens is 1. The number of rotatable bonds is 5. The van der Waals surface area contributed by atoms with Crippen molar-refractivity contribution >= 4 is 37.3 Å². The molecule has 1 aromatic heterocycles. The van der Waals surface area contributed by atoms with Gasteiger partial charge in [0.25, 0.3) is 10.0 Å². The number of aryl methyl sites for hydroxylation is 1. The van der Waals surface area contributed by atoms with Crippen LogP contribution in [0.1, 0.15) is 12.5 Å². The zero-order chi connectivity index (χ0) is 15.5. The van der Waals surface area contributed by atoms with E-state index in [-0.39, 0.29) is 4.90 Å². The number of halogens is 1. The van der Waals surface area contributed by atoms with E-state index in [1.165, 1.54) is 6.20 Å². The molecule has 7 heteroatoms. The summed E-state index contributed by atoms with van der Waals surface area (Å²) in [6.07, 6.45) is 2.90. The second-order valence-corrected chi connectivity index (χ2v) is 7.03. The quantitative estimate of drug-likeness (QED) is 0.847. The molecule has 0 aliphatic heterocycles. The molecule has 0 fully saturated rings. The van der Waals surface area contributed by atoms with E-state index in [9.17, 15) is 8.42 Å². The van der Waals surface area contributed by atoms with Crippen LogP contribution >= 0.6 is 15.9 Å². The summed E-state index contributed by atoms with van der Waals surface area (Å²) in [5.41, 5.74) is 1.92. The molecule has 112 valence electrons. The average Bonchev–Trinajstić information content (AvgIpc) is 2.43. The molecule has 0 radical (unpaired) electrons. The van der Waals surface area contributed by atoms with Crippen molar-refractivity contribution in [3.05, 3.63) is 46.7 Å². The lowest BCUT2D eigenvalue weighted by Gasteiger charge is -2.14. The van der Waals surface area contributed by atoms with Crippen molar-refractivity contribution in [2.24, 2.45) is 0 Å². The van der Waals surface area contributed by atoms with Crippen LogP contribution in [0.3, 0.4) is 0 Å². The second-order valence-electron chi connectivity index (χ2n) is 4.47. The van der Waals surface area contributed by atoms with Crippen LogP contribution in [0.5, 0.6) is 0 Å². The molecule has 0 amide bonds. The molecule has 2 N–H and O–H groups in total. The van der Waals surface area contributed by atoms with Crippen LogP contribution in [0, 0.1) is 6.92 Å². The molecule has 21 heavy (non-hydrogen) atoms. The molecule has 1 heterocycles. The minimum absolute atomic E-state index is 0.133. The van der Waals surface area contributed by atoms with Gasteiger partial charge >= 0.3 is 0 Å². The van der Waals surface area contributed by atoms with E-state index >= 15 is 0 Å². The maximum absolute atomic E-state index is 12.5. The van der Waals surface area contributed by atoms with Gasteiger partial charge in [-0.15, -0.1) is 0 Å². The van der Waals surface area contributed by atoms with Gasteiger partial charge in [0.2, 0.25) is 0 Å². The number of anilines is 2. The first-order valence-corrected chi connectivity index (χ1v) is 8.68. The van der Waals surface area contributed by atoms with E-state index in [2.05, 4.69) is 31.0 Å². The van der Waals surface area contributed by atoms with Crippen LogP contribution in [0.4, 0.5) is 11.4 Å². The molecule has 0 spiro atoms. The third-order valence-corrected chi connectivity index (χ3v) is 4.76. The number of sulfonamides is 1. The van der Waals surface area contributed by atoms with Crippen molar-refractivity contribution in [1.82, 2.24) is 4.98 Å². The van der Waals surface area contributed by atoms with Crippen molar-refractivity contribution in [2.45, 2.75) is 18.7 Å². The first kappa shape index (κ1) is 15.8. The Bertz CT molecular complexity index is 748. The lowest BCUT2D eigenvalue weighted by Crippen LogP contribution is -2.16. The Morgan fingerprint density at radius 1 is 1.24 bits per heavy atom. The molecule has 0 aliphatic rings. The fourth-order valence-corrected chi connectivity index (χ4v) is 3.61. The number of benzene rings is 1. The molecule has 0 aliphatic carbocycles. The third kappa shape index (κ3) is 3.74. The van der Waals surface area contributed by atoms with Crippen LogP contribution in [0.25, 0.3) is 0 Å². The SMILES string of the molecule is CCNc1ccncc1S(=O)(=O)Nc1ccc(Br)cc1C. The second kappa shape index (κ2) is 6.44. The smallest absolute Gasteiger partial charge is 0.265 e. The molecular formula is C14H16BrN3O2S. The Hall–Kier alpha value is -1.60. The normalized spacial score (nSPS) is 11.2. The topological polar surface area (TPSA) is 71.1 Å². The maximum atomic E-state index is 12.5. The zero-order valence-electron chi connectivity index (χ0n) is 11.7. The molecule has 5 nitrogen and oxygen atoms in total. The first-order chi connectivity index (χ1) is 9.94. The summed E-state index contributed by atoms with van der Waals surface area (Å²) in [5.74, 6) is 0. The first-order valence-electron chi connectivity index (χ1n) is 6.41. The summed E-state index contributed by atoms with van der Waals surface area (Å²) in [7, 11) is -3.69. The number of nitrogens with one attached hydrogen (secondary N) is 2. The standard InChI is InChI=1S/C14H16BrN3O2S/c1-3-17-13-6-7-16-9-14(13)21(19,20)18-12-5-4-11(15)8-10(12)2/h4-9,18H,3H2,1-2H3,(H,16,17). The molecule has 0 bridgehead atoms. The molecule has 0 saturated heterocycles. The predicted molar refractivity (Wildman–Crippen MR) is 88.1 cm³/mol. The van der Waals surface area contributed by atoms with E-state index in [0.717, 1.165) is 10.0 Å².